The Labute approximate surface area is 605 Å². The van der Waals surface area contributed by atoms with E-state index >= 15 is 0 Å². The van der Waals surface area contributed by atoms with Crippen LogP contribution in [0.3, 0.4) is 0 Å². The molecule has 3 aliphatic heterocycles. The van der Waals surface area contributed by atoms with Crippen LogP contribution in [0.5, 0.6) is 0 Å². The summed E-state index contributed by atoms with van der Waals surface area (Å²) < 4.78 is 23.3. The molecule has 0 radical (unpaired) electrons. The number of rotatable bonds is 11. The predicted octanol–water partition coefficient (Wildman–Crippen LogP) is 7.46. The number of amides is 7. The number of aryl methyl sites for hydroxylation is 8. The Balaban J connectivity index is 0.000000138. The molecular weight excluding hydrogens is 1390 g/mol. The normalized spacial score (nSPS) is 15.1. The molecule has 3 saturated heterocycles. The fourth-order valence-electron chi connectivity index (χ4n) is 12.8. The number of anilines is 7. The molecule has 103 heavy (non-hydrogen) atoms. The number of nitrogens with zero attached hydrogens (tertiary/aromatic N) is 15. The van der Waals surface area contributed by atoms with Gasteiger partial charge in [0, 0.05) is 162 Å². The van der Waals surface area contributed by atoms with Crippen molar-refractivity contribution in [2.75, 3.05) is 99.8 Å². The van der Waals surface area contributed by atoms with Crippen LogP contribution in [0.25, 0.3) is 34.2 Å². The summed E-state index contributed by atoms with van der Waals surface area (Å²) in [6, 6.07) is 19.6. The van der Waals surface area contributed by atoms with Gasteiger partial charge in [-0.2, -0.15) is 0 Å². The van der Waals surface area contributed by atoms with Crippen LogP contribution in [0.15, 0.2) is 90.2 Å². The third-order valence-electron chi connectivity index (χ3n) is 18.1. The molecule has 9 heterocycles. The first kappa shape index (κ1) is 70.8. The van der Waals surface area contributed by atoms with Gasteiger partial charge in [0.15, 0.2) is 15.0 Å². The van der Waals surface area contributed by atoms with Gasteiger partial charge < -0.3 is 50.7 Å². The third-order valence-corrected chi connectivity index (χ3v) is 22.4. The average molecular weight is 1470 g/mol. The number of hydrogen-bond donors (Lipinski definition) is 5. The first-order valence-electron chi connectivity index (χ1n) is 33.6. The second-order valence-corrected chi connectivity index (χ2v) is 30.4. The molecule has 6 N–H and O–H groups in total. The maximum Gasteiger partial charge on any atom is 0.282 e. The van der Waals surface area contributed by atoms with E-state index in [2.05, 4.69) is 78.2 Å². The maximum absolute atomic E-state index is 13.1. The first-order chi connectivity index (χ1) is 49.4. The summed E-state index contributed by atoms with van der Waals surface area (Å²) in [7, 11) is -3.84. The Morgan fingerprint density at radius 1 is 0.398 bits per heavy atom. The minimum atomic E-state index is -3.84. The monoisotopic (exact) mass is 1470 g/mol. The number of benzene rings is 3. The molecule has 9 aromatic rings. The summed E-state index contributed by atoms with van der Waals surface area (Å²) in [4.78, 5) is 141. The Morgan fingerprint density at radius 3 is 1.08 bits per heavy atom. The van der Waals surface area contributed by atoms with Gasteiger partial charge in [-0.1, -0.05) is 18.2 Å². The van der Waals surface area contributed by atoms with E-state index in [9.17, 15) is 42.0 Å². The zero-order chi connectivity index (χ0) is 72.4. The van der Waals surface area contributed by atoms with Crippen LogP contribution in [0.2, 0.25) is 0 Å². The topological polar surface area (TPSA) is 363 Å². The Bertz CT molecular complexity index is 4940. The number of sulfonamides is 1. The number of carbonyl (C=O) groups is 7. The Hall–Kier alpha value is -10.6. The molecular formula is C70H74N20O9S4. The number of piperazine rings is 3. The maximum atomic E-state index is 13.1. The van der Waals surface area contributed by atoms with Gasteiger partial charge in [-0.3, -0.25) is 33.6 Å². The fourth-order valence-corrected chi connectivity index (χ4v) is 16.5. The molecule has 0 spiro atoms. The zero-order valence-corrected chi connectivity index (χ0v) is 60.7. The van der Waals surface area contributed by atoms with E-state index in [0.29, 0.717) is 128 Å². The van der Waals surface area contributed by atoms with Crippen molar-refractivity contribution in [3.63, 3.8) is 0 Å². The van der Waals surface area contributed by atoms with E-state index in [0.717, 1.165) is 104 Å². The molecule has 3 aliphatic carbocycles. The summed E-state index contributed by atoms with van der Waals surface area (Å²) in [6.45, 7) is 16.5. The Morgan fingerprint density at radius 2 is 0.728 bits per heavy atom. The summed E-state index contributed by atoms with van der Waals surface area (Å²) in [6.07, 6.45) is 10.1. The van der Waals surface area contributed by atoms with Crippen molar-refractivity contribution in [3.8, 4) is 34.2 Å². The molecule has 0 atom stereocenters. The highest BCUT2D eigenvalue weighted by atomic mass is 32.2. The van der Waals surface area contributed by atoms with Gasteiger partial charge in [0.25, 0.3) is 17.7 Å². The standard InChI is InChI=1S/C24H25N7O3S.C24H26N6O2S.C22H23N7O4S2/c1-14(32)26-17-4-3-5-18(12-17)27-24-25-13-16-6-7-19-21(20(16)29-24)28-22(35-19)23(34)31-10-8-30(9-11-31)15(2)33;1-14-10-15(2)12-18(11-14)26-24-25-13-17-4-5-19-21(20(17)28-24)27-22(33-19)23(32)30-8-6-29(7-9-30)16(3)31;1-13(30)28-7-9-29(10-8-28)21(31)20-26-19-17(34-20)6-5-14-12-24-22(27-18(14)19)25-15-3-2-4-16(11-15)35(23,32)33/h3-5,12-13H,6-11H2,1-2H3,(H,26,32)(H,25,27,29);10-13H,4-9H2,1-3H3,(H,25,26,28);2-4,11-12H,5-10H2,1H3,(H2,23,32,33)(H,24,25,27). The van der Waals surface area contributed by atoms with Crippen LogP contribution in [0, 0.1) is 13.8 Å². The Kier molecular flexibility index (Phi) is 20.7. The van der Waals surface area contributed by atoms with Crippen molar-refractivity contribution in [3.05, 3.63) is 143 Å². The smallest absolute Gasteiger partial charge is 0.282 e. The van der Waals surface area contributed by atoms with Gasteiger partial charge in [-0.05, 0) is 129 Å². The number of nitrogens with one attached hydrogen (secondary N) is 4. The van der Waals surface area contributed by atoms with E-state index in [-0.39, 0.29) is 52.2 Å². The molecule has 6 aliphatic rings. The van der Waals surface area contributed by atoms with E-state index in [1.165, 1.54) is 71.1 Å². The molecule has 7 amide bonds. The predicted molar refractivity (Wildman–Crippen MR) is 390 cm³/mol. The number of thiazole rings is 3. The quantitative estimate of drug-likeness (QED) is 0.0838. The molecule has 0 saturated carbocycles. The van der Waals surface area contributed by atoms with Gasteiger partial charge in [0.2, 0.25) is 51.5 Å². The summed E-state index contributed by atoms with van der Waals surface area (Å²) >= 11 is 4.26. The van der Waals surface area contributed by atoms with Gasteiger partial charge in [-0.25, -0.2) is 58.4 Å². The first-order valence-corrected chi connectivity index (χ1v) is 37.5. The molecule has 0 unspecified atom stereocenters. The van der Waals surface area contributed by atoms with E-state index in [1.807, 2.05) is 18.3 Å². The minimum absolute atomic E-state index is 0.0129. The summed E-state index contributed by atoms with van der Waals surface area (Å²) in [5, 5.41) is 18.8. The van der Waals surface area contributed by atoms with Crippen molar-refractivity contribution < 1.29 is 42.0 Å². The lowest BCUT2D eigenvalue weighted by Crippen LogP contribution is -2.50. The van der Waals surface area contributed by atoms with Crippen LogP contribution in [0.4, 0.5) is 40.6 Å². The molecule has 33 heteroatoms. The fraction of sp³-hybridized carbons (Fsp3) is 0.343. The van der Waals surface area contributed by atoms with Crippen molar-refractivity contribution in [2.24, 2.45) is 5.14 Å². The third kappa shape index (κ3) is 16.3. The van der Waals surface area contributed by atoms with Crippen LogP contribution in [-0.2, 0) is 67.7 Å². The van der Waals surface area contributed by atoms with Crippen molar-refractivity contribution in [1.82, 2.24) is 74.3 Å². The largest absolute Gasteiger partial charge is 0.339 e. The lowest BCUT2D eigenvalue weighted by atomic mass is 10.00. The van der Waals surface area contributed by atoms with Crippen LogP contribution in [-0.4, -0.2) is 203 Å². The van der Waals surface area contributed by atoms with Gasteiger partial charge in [0.05, 0.1) is 22.0 Å². The van der Waals surface area contributed by atoms with E-state index in [1.54, 1.807) is 79.9 Å². The van der Waals surface area contributed by atoms with Crippen LogP contribution < -0.4 is 26.4 Å². The highest BCUT2D eigenvalue weighted by molar-refractivity contribution is 7.89. The van der Waals surface area contributed by atoms with Gasteiger partial charge >= 0.3 is 0 Å². The van der Waals surface area contributed by atoms with Gasteiger partial charge in [0.1, 0.15) is 17.1 Å². The SMILES string of the molecule is CC(=O)N1CCN(C(=O)c2nc3c(s2)CCc2cnc(Nc4cc(C)cc(C)c4)nc2-3)CC1.CC(=O)N1CCN(C(=O)c2nc3c(s2)CCc2cnc(Nc4cccc(S(N)(=O)=O)c4)nc2-3)CC1.CC(=O)Nc1cccc(Nc2ncc3c(n2)-c2nc(C(=O)N4CCN(C(C)=O)CC4)sc2CC3)c1. The number of aromatic nitrogens is 9. The molecule has 0 bridgehead atoms. The van der Waals surface area contributed by atoms with E-state index < -0.39 is 10.0 Å². The highest BCUT2D eigenvalue weighted by Gasteiger charge is 2.34. The lowest BCUT2D eigenvalue weighted by Gasteiger charge is -2.33. The molecule has 3 aromatic carbocycles. The number of hydrogen-bond acceptors (Lipinski definition) is 24. The minimum Gasteiger partial charge on any atom is -0.339 e. The zero-order valence-electron chi connectivity index (χ0n) is 57.4. The summed E-state index contributed by atoms with van der Waals surface area (Å²) in [5.74, 6) is 0.862. The summed E-state index contributed by atoms with van der Waals surface area (Å²) in [5.41, 5.74) is 12.5. The molecule has 29 nitrogen and oxygen atoms in total. The van der Waals surface area contributed by atoms with Gasteiger partial charge in [-0.15, -0.1) is 34.0 Å². The number of fused-ring (bicyclic) bond motifs is 9. The lowest BCUT2D eigenvalue weighted by molar-refractivity contribution is -0.131. The van der Waals surface area contributed by atoms with Crippen molar-refractivity contribution in [1.29, 1.82) is 0 Å². The van der Waals surface area contributed by atoms with Crippen molar-refractivity contribution >= 4 is 126 Å². The van der Waals surface area contributed by atoms with Crippen LogP contribution >= 0.6 is 34.0 Å². The van der Waals surface area contributed by atoms with Crippen molar-refractivity contribution in [2.45, 2.75) is 85.0 Å². The molecule has 6 aromatic heterocycles. The van der Waals surface area contributed by atoms with Crippen LogP contribution in [0.1, 0.15) is 99.6 Å². The number of primary sulfonamides is 1. The second kappa shape index (κ2) is 30.1. The second-order valence-electron chi connectivity index (χ2n) is 25.6. The average Bonchev–Trinajstić information content (AvgIpc) is 1.67. The highest BCUT2D eigenvalue weighted by Crippen LogP contribution is 2.40. The molecule has 15 rings (SSSR count). The van der Waals surface area contributed by atoms with E-state index in [4.69, 9.17) is 25.1 Å². The molecule has 3 fully saturated rings. The molecule has 532 valence electrons. The number of nitrogens with two attached hydrogens (primary N) is 1. The number of carbonyl (C=O) groups excluding carboxylic acids is 7.